The summed E-state index contributed by atoms with van der Waals surface area (Å²) in [5.74, 6) is 0. The summed E-state index contributed by atoms with van der Waals surface area (Å²) in [4.78, 5) is 2.46. The van der Waals surface area contributed by atoms with Crippen LogP contribution in [-0.4, -0.2) is 28.6 Å². The summed E-state index contributed by atoms with van der Waals surface area (Å²) >= 11 is 0. The van der Waals surface area contributed by atoms with Gasteiger partial charge < -0.3 is 5.11 Å². The molecule has 1 aromatic rings. The van der Waals surface area contributed by atoms with Crippen LogP contribution in [0.25, 0.3) is 0 Å². The summed E-state index contributed by atoms with van der Waals surface area (Å²) in [7, 11) is 0. The topological polar surface area (TPSA) is 23.5 Å². The summed E-state index contributed by atoms with van der Waals surface area (Å²) in [6.45, 7) is 7.69. The number of rotatable bonds is 4. The minimum Gasteiger partial charge on any atom is -0.387 e. The summed E-state index contributed by atoms with van der Waals surface area (Å²) in [5, 5.41) is 10.6. The fourth-order valence-corrected chi connectivity index (χ4v) is 3.17. The second-order valence-corrected chi connectivity index (χ2v) is 5.34. The van der Waals surface area contributed by atoms with Crippen LogP contribution in [0.4, 0.5) is 0 Å². The molecule has 0 saturated carbocycles. The monoisotopic (exact) mass is 247 g/mol. The maximum Gasteiger partial charge on any atom is 0.0948 e. The lowest BCUT2D eigenvalue weighted by Gasteiger charge is -2.41. The second kappa shape index (κ2) is 5.85. The molecule has 0 aromatic heterocycles. The lowest BCUT2D eigenvalue weighted by atomic mass is 9.84. The van der Waals surface area contributed by atoms with Crippen LogP contribution in [0.2, 0.25) is 0 Å². The molecular weight excluding hydrogens is 222 g/mol. The zero-order valence-corrected chi connectivity index (χ0v) is 11.8. The summed E-state index contributed by atoms with van der Waals surface area (Å²) in [6, 6.07) is 9.15. The SMILES string of the molecule is CCC(C)N(CC)C1CCc2ccccc2C1O. The molecule has 2 nitrogen and oxygen atoms in total. The number of fused-ring (bicyclic) bond motifs is 1. The maximum atomic E-state index is 10.6. The molecule has 100 valence electrons. The van der Waals surface area contributed by atoms with Gasteiger partial charge >= 0.3 is 0 Å². The molecule has 0 heterocycles. The van der Waals surface area contributed by atoms with Crippen molar-refractivity contribution in [2.75, 3.05) is 6.54 Å². The average molecular weight is 247 g/mol. The molecule has 0 saturated heterocycles. The number of aliphatic hydroxyl groups is 1. The van der Waals surface area contributed by atoms with Gasteiger partial charge in [-0.1, -0.05) is 38.1 Å². The molecule has 0 bridgehead atoms. The van der Waals surface area contributed by atoms with E-state index in [0.717, 1.165) is 31.4 Å². The Morgan fingerprint density at radius 3 is 2.72 bits per heavy atom. The van der Waals surface area contributed by atoms with E-state index in [0.29, 0.717) is 6.04 Å². The Bertz CT molecular complexity index is 390. The molecule has 2 rings (SSSR count). The van der Waals surface area contributed by atoms with Crippen molar-refractivity contribution in [1.29, 1.82) is 0 Å². The van der Waals surface area contributed by atoms with Crippen LogP contribution in [0.15, 0.2) is 24.3 Å². The van der Waals surface area contributed by atoms with Crippen molar-refractivity contribution >= 4 is 0 Å². The minimum absolute atomic E-state index is 0.278. The minimum atomic E-state index is -0.330. The average Bonchev–Trinajstić information content (AvgIpc) is 2.42. The van der Waals surface area contributed by atoms with E-state index in [1.54, 1.807) is 0 Å². The fraction of sp³-hybridized carbons (Fsp3) is 0.625. The van der Waals surface area contributed by atoms with Crippen molar-refractivity contribution in [3.63, 3.8) is 0 Å². The van der Waals surface area contributed by atoms with E-state index in [1.807, 2.05) is 6.07 Å². The van der Waals surface area contributed by atoms with E-state index in [4.69, 9.17) is 0 Å². The molecule has 3 unspecified atom stereocenters. The summed E-state index contributed by atoms with van der Waals surface area (Å²) in [5.41, 5.74) is 2.46. The fourth-order valence-electron chi connectivity index (χ4n) is 3.17. The van der Waals surface area contributed by atoms with E-state index in [1.165, 1.54) is 5.56 Å². The largest absolute Gasteiger partial charge is 0.387 e. The number of likely N-dealkylation sites (N-methyl/N-ethyl adjacent to an activating group) is 1. The smallest absolute Gasteiger partial charge is 0.0948 e. The van der Waals surface area contributed by atoms with E-state index in [-0.39, 0.29) is 12.1 Å². The van der Waals surface area contributed by atoms with Gasteiger partial charge in [0.25, 0.3) is 0 Å². The predicted octanol–water partition coefficient (Wildman–Crippen LogP) is 3.16. The zero-order chi connectivity index (χ0) is 13.1. The second-order valence-electron chi connectivity index (χ2n) is 5.34. The Labute approximate surface area is 111 Å². The first-order chi connectivity index (χ1) is 8.69. The van der Waals surface area contributed by atoms with Crippen LogP contribution in [0, 0.1) is 0 Å². The van der Waals surface area contributed by atoms with Gasteiger partial charge in [-0.3, -0.25) is 4.90 Å². The van der Waals surface area contributed by atoms with Gasteiger partial charge in [0, 0.05) is 12.1 Å². The van der Waals surface area contributed by atoms with E-state index < -0.39 is 0 Å². The van der Waals surface area contributed by atoms with Gasteiger partial charge in [-0.15, -0.1) is 0 Å². The van der Waals surface area contributed by atoms with Crippen molar-refractivity contribution in [3.05, 3.63) is 35.4 Å². The highest BCUT2D eigenvalue weighted by molar-refractivity contribution is 5.32. The van der Waals surface area contributed by atoms with E-state index >= 15 is 0 Å². The van der Waals surface area contributed by atoms with Crippen molar-refractivity contribution in [2.45, 2.75) is 58.2 Å². The highest BCUT2D eigenvalue weighted by atomic mass is 16.3. The van der Waals surface area contributed by atoms with Crippen molar-refractivity contribution in [3.8, 4) is 0 Å². The van der Waals surface area contributed by atoms with E-state index in [9.17, 15) is 5.11 Å². The van der Waals surface area contributed by atoms with Crippen molar-refractivity contribution < 1.29 is 5.11 Å². The highest BCUT2D eigenvalue weighted by Gasteiger charge is 2.32. The number of aryl methyl sites for hydroxylation is 1. The van der Waals surface area contributed by atoms with Crippen LogP contribution in [0.5, 0.6) is 0 Å². The van der Waals surface area contributed by atoms with Gasteiger partial charge in [0.2, 0.25) is 0 Å². The molecule has 18 heavy (non-hydrogen) atoms. The first kappa shape index (κ1) is 13.6. The van der Waals surface area contributed by atoms with Gasteiger partial charge in [0.05, 0.1) is 6.10 Å². The molecule has 0 aliphatic heterocycles. The summed E-state index contributed by atoms with van der Waals surface area (Å²) < 4.78 is 0. The normalized spacial score (nSPS) is 24.9. The Hall–Kier alpha value is -0.860. The van der Waals surface area contributed by atoms with Crippen LogP contribution >= 0.6 is 0 Å². The molecule has 0 fully saturated rings. The number of hydrogen-bond donors (Lipinski definition) is 1. The number of hydrogen-bond acceptors (Lipinski definition) is 2. The molecule has 0 spiro atoms. The molecule has 1 aromatic carbocycles. The van der Waals surface area contributed by atoms with Gasteiger partial charge in [0.15, 0.2) is 0 Å². The highest BCUT2D eigenvalue weighted by Crippen LogP contribution is 2.33. The Morgan fingerprint density at radius 1 is 1.33 bits per heavy atom. The maximum absolute atomic E-state index is 10.6. The lowest BCUT2D eigenvalue weighted by molar-refractivity contribution is 0.0177. The van der Waals surface area contributed by atoms with Crippen LogP contribution in [-0.2, 0) is 6.42 Å². The molecule has 1 aliphatic rings. The molecule has 0 radical (unpaired) electrons. The van der Waals surface area contributed by atoms with Crippen LogP contribution < -0.4 is 0 Å². The Kier molecular flexibility index (Phi) is 4.41. The number of benzene rings is 1. The number of aliphatic hydroxyl groups excluding tert-OH is 1. The lowest BCUT2D eigenvalue weighted by Crippen LogP contribution is -2.46. The standard InChI is InChI=1S/C16H25NO/c1-4-12(3)17(5-2)15-11-10-13-8-6-7-9-14(13)16(15)18/h6-9,12,15-16,18H,4-5,10-11H2,1-3H3. The molecule has 1 aliphatic carbocycles. The van der Waals surface area contributed by atoms with E-state index in [2.05, 4.69) is 43.9 Å². The molecular formula is C16H25NO. The molecule has 1 N–H and O–H groups in total. The zero-order valence-electron chi connectivity index (χ0n) is 11.8. The Morgan fingerprint density at radius 2 is 2.06 bits per heavy atom. The summed E-state index contributed by atoms with van der Waals surface area (Å²) in [6.07, 6.45) is 2.96. The molecule has 3 atom stereocenters. The van der Waals surface area contributed by atoms with Crippen LogP contribution in [0.3, 0.4) is 0 Å². The molecule has 0 amide bonds. The van der Waals surface area contributed by atoms with Gasteiger partial charge in [-0.25, -0.2) is 0 Å². The first-order valence-corrected chi connectivity index (χ1v) is 7.20. The predicted molar refractivity (Wildman–Crippen MR) is 75.6 cm³/mol. The third-order valence-electron chi connectivity index (χ3n) is 4.40. The van der Waals surface area contributed by atoms with Gasteiger partial charge in [-0.05, 0) is 43.9 Å². The third-order valence-corrected chi connectivity index (χ3v) is 4.40. The quantitative estimate of drug-likeness (QED) is 0.883. The van der Waals surface area contributed by atoms with Gasteiger partial charge in [-0.2, -0.15) is 0 Å². The third kappa shape index (κ3) is 2.45. The van der Waals surface area contributed by atoms with Gasteiger partial charge in [0.1, 0.15) is 0 Å². The van der Waals surface area contributed by atoms with Crippen LogP contribution in [0.1, 0.15) is 50.8 Å². The Balaban J connectivity index is 2.22. The number of nitrogens with zero attached hydrogens (tertiary/aromatic N) is 1. The van der Waals surface area contributed by atoms with Crippen molar-refractivity contribution in [1.82, 2.24) is 4.90 Å². The molecule has 2 heteroatoms. The first-order valence-electron chi connectivity index (χ1n) is 7.20. The van der Waals surface area contributed by atoms with Crippen molar-refractivity contribution in [2.24, 2.45) is 0 Å².